The Morgan fingerprint density at radius 2 is 1.58 bits per heavy atom. The van der Waals surface area contributed by atoms with Crippen LogP contribution in [0.15, 0.2) is 34.8 Å². The summed E-state index contributed by atoms with van der Waals surface area (Å²) in [6.45, 7) is 6.28. The summed E-state index contributed by atoms with van der Waals surface area (Å²) >= 11 is 16.4. The molecule has 1 atom stereocenters. The van der Waals surface area contributed by atoms with Crippen LogP contribution in [0.25, 0.3) is 0 Å². The standard InChI is InChI=1S/C16H15BrCl2/c1-9-6-10(2)15(11(3)7-9)16(19)13-8-12(17)4-5-14(13)18/h4-8,16H,1-3H3. The molecule has 0 aromatic heterocycles. The van der Waals surface area contributed by atoms with Crippen molar-refractivity contribution in [3.8, 4) is 0 Å². The lowest BCUT2D eigenvalue weighted by Gasteiger charge is -2.18. The van der Waals surface area contributed by atoms with Crippen LogP contribution in [-0.2, 0) is 0 Å². The Morgan fingerprint density at radius 1 is 1.00 bits per heavy atom. The summed E-state index contributed by atoms with van der Waals surface area (Å²) in [5.74, 6) is 0. The van der Waals surface area contributed by atoms with Crippen molar-refractivity contribution in [2.45, 2.75) is 26.1 Å². The Morgan fingerprint density at radius 3 is 2.16 bits per heavy atom. The molecule has 0 heterocycles. The Bertz CT molecular complexity index is 597. The van der Waals surface area contributed by atoms with Crippen LogP contribution < -0.4 is 0 Å². The summed E-state index contributed by atoms with van der Waals surface area (Å²) in [6, 6.07) is 10.1. The van der Waals surface area contributed by atoms with Gasteiger partial charge in [0.2, 0.25) is 0 Å². The second-order valence-electron chi connectivity index (χ2n) is 4.84. The van der Waals surface area contributed by atoms with Gasteiger partial charge in [-0.3, -0.25) is 0 Å². The monoisotopic (exact) mass is 356 g/mol. The fourth-order valence-corrected chi connectivity index (χ4v) is 3.64. The quantitative estimate of drug-likeness (QED) is 0.549. The molecular formula is C16H15BrCl2. The summed E-state index contributed by atoms with van der Waals surface area (Å²) in [5, 5.41) is 0.466. The molecule has 19 heavy (non-hydrogen) atoms. The number of aryl methyl sites for hydroxylation is 3. The third kappa shape index (κ3) is 3.16. The van der Waals surface area contributed by atoms with E-state index in [-0.39, 0.29) is 5.38 Å². The summed E-state index contributed by atoms with van der Waals surface area (Å²) in [5.41, 5.74) is 5.74. The summed E-state index contributed by atoms with van der Waals surface area (Å²) < 4.78 is 0.986. The zero-order valence-electron chi connectivity index (χ0n) is 11.1. The van der Waals surface area contributed by atoms with Gasteiger partial charge in [0.1, 0.15) is 0 Å². The van der Waals surface area contributed by atoms with Gasteiger partial charge in [0.15, 0.2) is 0 Å². The largest absolute Gasteiger partial charge is 0.113 e. The van der Waals surface area contributed by atoms with Crippen LogP contribution in [0.2, 0.25) is 5.02 Å². The second-order valence-corrected chi connectivity index (χ2v) is 6.60. The van der Waals surface area contributed by atoms with Crippen LogP contribution in [0.3, 0.4) is 0 Å². The minimum absolute atomic E-state index is 0.231. The van der Waals surface area contributed by atoms with Crippen LogP contribution in [0.1, 0.15) is 33.2 Å². The van der Waals surface area contributed by atoms with Crippen LogP contribution in [0.5, 0.6) is 0 Å². The molecule has 0 aliphatic rings. The number of hydrogen-bond donors (Lipinski definition) is 0. The third-order valence-electron chi connectivity index (χ3n) is 3.22. The zero-order valence-corrected chi connectivity index (χ0v) is 14.2. The van der Waals surface area contributed by atoms with E-state index < -0.39 is 0 Å². The molecule has 0 aliphatic carbocycles. The minimum atomic E-state index is -0.231. The van der Waals surface area contributed by atoms with Gasteiger partial charge in [-0.1, -0.05) is 45.2 Å². The average molecular weight is 358 g/mol. The Labute approximate surface area is 132 Å². The maximum Gasteiger partial charge on any atom is 0.0855 e. The number of alkyl halides is 1. The van der Waals surface area contributed by atoms with Gasteiger partial charge in [-0.05, 0) is 61.2 Å². The van der Waals surface area contributed by atoms with E-state index >= 15 is 0 Å². The summed E-state index contributed by atoms with van der Waals surface area (Å²) in [7, 11) is 0. The Kier molecular flexibility index (Phi) is 4.60. The van der Waals surface area contributed by atoms with Crippen molar-refractivity contribution in [3.05, 3.63) is 67.6 Å². The Hall–Kier alpha value is -0.500. The van der Waals surface area contributed by atoms with Gasteiger partial charge in [0.25, 0.3) is 0 Å². The normalized spacial score (nSPS) is 12.5. The molecular weight excluding hydrogens is 343 g/mol. The van der Waals surface area contributed by atoms with E-state index in [1.165, 1.54) is 16.7 Å². The highest BCUT2D eigenvalue weighted by Crippen LogP contribution is 2.38. The number of benzene rings is 2. The van der Waals surface area contributed by atoms with Crippen molar-refractivity contribution in [2.75, 3.05) is 0 Å². The van der Waals surface area contributed by atoms with E-state index in [1.807, 2.05) is 18.2 Å². The molecule has 0 radical (unpaired) electrons. The molecule has 0 saturated carbocycles. The van der Waals surface area contributed by atoms with Gasteiger partial charge in [0, 0.05) is 9.50 Å². The second kappa shape index (κ2) is 5.87. The van der Waals surface area contributed by atoms with Gasteiger partial charge >= 0.3 is 0 Å². The maximum absolute atomic E-state index is 6.67. The SMILES string of the molecule is Cc1cc(C)c(C(Cl)c2cc(Br)ccc2Cl)c(C)c1. The Balaban J connectivity index is 2.56. The van der Waals surface area contributed by atoms with E-state index in [1.54, 1.807) is 0 Å². The molecule has 2 aromatic carbocycles. The predicted molar refractivity (Wildman–Crippen MR) is 87.5 cm³/mol. The van der Waals surface area contributed by atoms with Crippen LogP contribution >= 0.6 is 39.1 Å². The molecule has 0 amide bonds. The lowest BCUT2D eigenvalue weighted by molar-refractivity contribution is 1.07. The highest BCUT2D eigenvalue weighted by atomic mass is 79.9. The van der Waals surface area contributed by atoms with Gasteiger partial charge in [-0.2, -0.15) is 0 Å². The van der Waals surface area contributed by atoms with Gasteiger partial charge in [-0.15, -0.1) is 11.6 Å². The molecule has 0 spiro atoms. The van der Waals surface area contributed by atoms with Crippen LogP contribution in [-0.4, -0.2) is 0 Å². The van der Waals surface area contributed by atoms with Crippen LogP contribution in [0.4, 0.5) is 0 Å². The van der Waals surface area contributed by atoms with E-state index in [9.17, 15) is 0 Å². The first-order valence-corrected chi connectivity index (χ1v) is 7.67. The van der Waals surface area contributed by atoms with Crippen molar-refractivity contribution in [3.63, 3.8) is 0 Å². The number of hydrogen-bond acceptors (Lipinski definition) is 0. The molecule has 2 aromatic rings. The van der Waals surface area contributed by atoms with Crippen molar-refractivity contribution in [1.82, 2.24) is 0 Å². The van der Waals surface area contributed by atoms with Crippen LogP contribution in [0, 0.1) is 20.8 Å². The number of halogens is 3. The molecule has 0 N–H and O–H groups in total. The van der Waals surface area contributed by atoms with Crippen molar-refractivity contribution in [1.29, 1.82) is 0 Å². The predicted octanol–water partition coefficient (Wildman–Crippen LogP) is 6.36. The molecule has 0 fully saturated rings. The minimum Gasteiger partial charge on any atom is -0.113 e. The molecule has 0 nitrogen and oxygen atoms in total. The molecule has 1 unspecified atom stereocenters. The van der Waals surface area contributed by atoms with Crippen molar-refractivity contribution in [2.24, 2.45) is 0 Å². The van der Waals surface area contributed by atoms with Crippen molar-refractivity contribution >= 4 is 39.1 Å². The first kappa shape index (κ1) is 14.9. The average Bonchev–Trinajstić information content (AvgIpc) is 2.30. The molecule has 0 bridgehead atoms. The summed E-state index contributed by atoms with van der Waals surface area (Å²) in [6.07, 6.45) is 0. The maximum atomic E-state index is 6.67. The highest BCUT2D eigenvalue weighted by Gasteiger charge is 2.18. The van der Waals surface area contributed by atoms with E-state index in [0.29, 0.717) is 5.02 Å². The highest BCUT2D eigenvalue weighted by molar-refractivity contribution is 9.10. The van der Waals surface area contributed by atoms with E-state index in [4.69, 9.17) is 23.2 Å². The third-order valence-corrected chi connectivity index (χ3v) is 4.51. The van der Waals surface area contributed by atoms with E-state index in [2.05, 4.69) is 48.8 Å². The van der Waals surface area contributed by atoms with Gasteiger partial charge < -0.3 is 0 Å². The topological polar surface area (TPSA) is 0 Å². The van der Waals surface area contributed by atoms with E-state index in [0.717, 1.165) is 15.6 Å². The molecule has 0 saturated heterocycles. The molecule has 2 rings (SSSR count). The fraction of sp³-hybridized carbons (Fsp3) is 0.250. The smallest absolute Gasteiger partial charge is 0.0855 e. The molecule has 0 aliphatic heterocycles. The fourth-order valence-electron chi connectivity index (χ4n) is 2.46. The van der Waals surface area contributed by atoms with Gasteiger partial charge in [0.05, 0.1) is 5.38 Å². The first-order chi connectivity index (χ1) is 8.90. The molecule has 3 heteroatoms. The lowest BCUT2D eigenvalue weighted by atomic mass is 9.94. The van der Waals surface area contributed by atoms with Crippen molar-refractivity contribution < 1.29 is 0 Å². The molecule has 100 valence electrons. The zero-order chi connectivity index (χ0) is 14.2. The lowest BCUT2D eigenvalue weighted by Crippen LogP contribution is -2.01. The van der Waals surface area contributed by atoms with Gasteiger partial charge in [-0.25, -0.2) is 0 Å². The summed E-state index contributed by atoms with van der Waals surface area (Å²) in [4.78, 5) is 0. The first-order valence-electron chi connectivity index (χ1n) is 6.07. The number of rotatable bonds is 2.